The van der Waals surface area contributed by atoms with Crippen molar-refractivity contribution in [3.8, 4) is 5.75 Å². The first-order chi connectivity index (χ1) is 16.4. The predicted molar refractivity (Wildman–Crippen MR) is 121 cm³/mol. The van der Waals surface area contributed by atoms with E-state index in [1.165, 1.54) is 6.07 Å². The zero-order valence-corrected chi connectivity index (χ0v) is 19.5. The Morgan fingerprint density at radius 2 is 2.12 bits per heavy atom. The van der Waals surface area contributed by atoms with Gasteiger partial charge in [0.25, 0.3) is 0 Å². The lowest BCUT2D eigenvalue weighted by Gasteiger charge is -2.28. The van der Waals surface area contributed by atoms with Crippen molar-refractivity contribution in [3.63, 3.8) is 0 Å². The number of urea groups is 1. The van der Waals surface area contributed by atoms with Crippen LogP contribution in [0.5, 0.6) is 5.75 Å². The number of nitrogens with one attached hydrogen (secondary N) is 1. The number of unbranched alkanes of at least 4 members (excludes halogenated alkanes) is 1. The smallest absolute Gasteiger partial charge is 0.324 e. The fraction of sp³-hybridized carbons (Fsp3) is 0.583. The van der Waals surface area contributed by atoms with E-state index in [4.69, 9.17) is 4.74 Å². The van der Waals surface area contributed by atoms with Crippen molar-refractivity contribution in [2.45, 2.75) is 64.0 Å². The third-order valence-electron chi connectivity index (χ3n) is 6.59. The van der Waals surface area contributed by atoms with Crippen molar-refractivity contribution in [2.24, 2.45) is 5.92 Å². The number of aliphatic hydroxyl groups is 1. The molecule has 34 heavy (non-hydrogen) atoms. The largest absolute Gasteiger partial charge is 0.490 e. The van der Waals surface area contributed by atoms with Gasteiger partial charge in [-0.25, -0.2) is 13.9 Å². The van der Waals surface area contributed by atoms with Crippen molar-refractivity contribution in [3.05, 3.63) is 41.5 Å². The number of ether oxygens (including phenoxy) is 1. The summed E-state index contributed by atoms with van der Waals surface area (Å²) in [5, 5.41) is 21.9. The van der Waals surface area contributed by atoms with Crippen molar-refractivity contribution >= 4 is 11.9 Å². The van der Waals surface area contributed by atoms with Gasteiger partial charge in [-0.1, -0.05) is 18.2 Å². The van der Waals surface area contributed by atoms with E-state index in [2.05, 4.69) is 15.6 Å². The van der Waals surface area contributed by atoms with Crippen LogP contribution in [0.3, 0.4) is 0 Å². The third kappa shape index (κ3) is 5.91. The summed E-state index contributed by atoms with van der Waals surface area (Å²) >= 11 is 0. The van der Waals surface area contributed by atoms with E-state index in [0.29, 0.717) is 50.4 Å². The van der Waals surface area contributed by atoms with Gasteiger partial charge in [0.05, 0.1) is 25.0 Å². The number of hydrogen-bond acceptors (Lipinski definition) is 6. The fourth-order valence-electron chi connectivity index (χ4n) is 4.08. The zero-order chi connectivity index (χ0) is 24.1. The number of carbonyl (C=O) groups excluding carboxylic acids is 2. The maximum absolute atomic E-state index is 14.2. The molecule has 2 heterocycles. The Morgan fingerprint density at radius 1 is 1.29 bits per heavy atom. The number of carbonyl (C=O) groups is 2. The van der Waals surface area contributed by atoms with Gasteiger partial charge in [0.15, 0.2) is 11.6 Å². The molecule has 4 rings (SSSR count). The standard InChI is InChI=1S/C24H32FN5O4/c1-2-24(33,18-8-9-20(25)21(13-18)34-15-17-6-7-17)16-30-19(14-26-28-30)5-3-4-11-29-12-10-22(31)27-23(29)32/h8-9,13-14,17,33H,2-7,10-12,15-16H2,1H3,(H,27,31,32). The minimum Gasteiger partial charge on any atom is -0.490 e. The highest BCUT2D eigenvalue weighted by Crippen LogP contribution is 2.33. The molecule has 2 aromatic rings. The second kappa shape index (κ2) is 10.5. The summed E-state index contributed by atoms with van der Waals surface area (Å²) in [6.07, 6.45) is 6.88. The predicted octanol–water partition coefficient (Wildman–Crippen LogP) is 2.77. The Kier molecular flexibility index (Phi) is 7.45. The molecule has 1 saturated carbocycles. The summed E-state index contributed by atoms with van der Waals surface area (Å²) in [5.41, 5.74) is 0.193. The molecule has 0 bridgehead atoms. The molecule has 2 N–H and O–H groups in total. The number of aryl methyl sites for hydroxylation is 1. The normalized spacial score (nSPS) is 18.0. The summed E-state index contributed by atoms with van der Waals surface area (Å²) in [5.74, 6) is -0.00501. The monoisotopic (exact) mass is 473 g/mol. The average molecular weight is 474 g/mol. The van der Waals surface area contributed by atoms with E-state index < -0.39 is 11.4 Å². The Labute approximate surface area is 198 Å². The first-order valence-electron chi connectivity index (χ1n) is 12.0. The minimum atomic E-state index is -1.26. The highest BCUT2D eigenvalue weighted by molar-refractivity contribution is 5.96. The van der Waals surface area contributed by atoms with Crippen LogP contribution in [0.25, 0.3) is 0 Å². The molecular formula is C24H32FN5O4. The lowest BCUT2D eigenvalue weighted by atomic mass is 9.90. The van der Waals surface area contributed by atoms with E-state index in [9.17, 15) is 19.1 Å². The lowest BCUT2D eigenvalue weighted by molar-refractivity contribution is -0.121. The fourth-order valence-corrected chi connectivity index (χ4v) is 4.08. The van der Waals surface area contributed by atoms with E-state index in [0.717, 1.165) is 31.4 Å². The van der Waals surface area contributed by atoms with Crippen LogP contribution in [-0.2, 0) is 23.4 Å². The van der Waals surface area contributed by atoms with Crippen LogP contribution >= 0.6 is 0 Å². The van der Waals surface area contributed by atoms with Gasteiger partial charge in [-0.05, 0) is 62.1 Å². The topological polar surface area (TPSA) is 110 Å². The van der Waals surface area contributed by atoms with Gasteiger partial charge in [0.2, 0.25) is 5.91 Å². The number of aromatic nitrogens is 3. The highest BCUT2D eigenvalue weighted by Gasteiger charge is 2.31. The van der Waals surface area contributed by atoms with Gasteiger partial charge < -0.3 is 14.7 Å². The van der Waals surface area contributed by atoms with Gasteiger partial charge in [-0.2, -0.15) is 0 Å². The lowest BCUT2D eigenvalue weighted by Crippen LogP contribution is -2.49. The van der Waals surface area contributed by atoms with Crippen molar-refractivity contribution < 1.29 is 23.8 Å². The Bertz CT molecular complexity index is 1020. The van der Waals surface area contributed by atoms with Gasteiger partial charge in [-0.3, -0.25) is 10.1 Å². The molecule has 2 fully saturated rings. The van der Waals surface area contributed by atoms with Crippen LogP contribution in [-0.4, -0.2) is 56.6 Å². The summed E-state index contributed by atoms with van der Waals surface area (Å²) in [4.78, 5) is 24.7. The van der Waals surface area contributed by atoms with Crippen LogP contribution in [0.15, 0.2) is 24.4 Å². The Balaban J connectivity index is 1.35. The molecule has 184 valence electrons. The molecule has 1 aromatic carbocycles. The van der Waals surface area contributed by atoms with Crippen LogP contribution in [0.1, 0.15) is 56.7 Å². The van der Waals surface area contributed by atoms with E-state index in [1.807, 2.05) is 6.92 Å². The van der Waals surface area contributed by atoms with Crippen molar-refractivity contribution in [1.29, 1.82) is 0 Å². The second-order valence-electron chi connectivity index (χ2n) is 9.22. The number of amides is 3. The number of imide groups is 1. The summed E-state index contributed by atoms with van der Waals surface area (Å²) in [7, 11) is 0. The van der Waals surface area contributed by atoms with Crippen LogP contribution in [0.2, 0.25) is 0 Å². The van der Waals surface area contributed by atoms with Gasteiger partial charge >= 0.3 is 6.03 Å². The Morgan fingerprint density at radius 3 is 2.85 bits per heavy atom. The average Bonchev–Trinajstić information content (AvgIpc) is 3.55. The van der Waals surface area contributed by atoms with Gasteiger partial charge in [-0.15, -0.1) is 5.10 Å². The van der Waals surface area contributed by atoms with Crippen LogP contribution in [0.4, 0.5) is 9.18 Å². The molecule has 1 unspecified atom stereocenters. The molecule has 3 amide bonds. The van der Waals surface area contributed by atoms with Gasteiger partial charge in [0, 0.05) is 19.5 Å². The summed E-state index contributed by atoms with van der Waals surface area (Å²) in [6, 6.07) is 4.18. The molecule has 2 aliphatic rings. The number of halogens is 1. The van der Waals surface area contributed by atoms with Gasteiger partial charge in [0.1, 0.15) is 5.60 Å². The van der Waals surface area contributed by atoms with E-state index in [1.54, 1.807) is 27.9 Å². The molecule has 1 atom stereocenters. The molecule has 1 aliphatic carbocycles. The Hall–Kier alpha value is -3.01. The third-order valence-corrected chi connectivity index (χ3v) is 6.59. The number of nitrogens with zero attached hydrogens (tertiary/aromatic N) is 4. The van der Waals surface area contributed by atoms with E-state index >= 15 is 0 Å². The van der Waals surface area contributed by atoms with Crippen LogP contribution < -0.4 is 10.1 Å². The highest BCUT2D eigenvalue weighted by atomic mass is 19.1. The molecule has 1 saturated heterocycles. The molecule has 1 aromatic heterocycles. The number of hydrogen-bond donors (Lipinski definition) is 2. The number of rotatable bonds is 12. The number of benzene rings is 1. The zero-order valence-electron chi connectivity index (χ0n) is 19.5. The van der Waals surface area contributed by atoms with Crippen molar-refractivity contribution in [1.82, 2.24) is 25.2 Å². The van der Waals surface area contributed by atoms with E-state index in [-0.39, 0.29) is 24.2 Å². The quantitative estimate of drug-likeness (QED) is 0.459. The molecule has 9 nitrogen and oxygen atoms in total. The SMILES string of the molecule is CCC(O)(Cn1nncc1CCCCN1CCC(=O)NC1=O)c1ccc(F)c(OCC2CC2)c1. The minimum absolute atomic E-state index is 0.165. The maximum Gasteiger partial charge on any atom is 0.324 e. The molecule has 0 radical (unpaired) electrons. The molecular weight excluding hydrogens is 441 g/mol. The van der Waals surface area contributed by atoms with Crippen molar-refractivity contribution in [2.75, 3.05) is 19.7 Å². The maximum atomic E-state index is 14.2. The van der Waals surface area contributed by atoms with Crippen LogP contribution in [0, 0.1) is 11.7 Å². The second-order valence-corrected chi connectivity index (χ2v) is 9.22. The molecule has 1 aliphatic heterocycles. The molecule has 10 heteroatoms. The molecule has 0 spiro atoms. The first kappa shape index (κ1) is 24.1. The summed E-state index contributed by atoms with van der Waals surface area (Å²) < 4.78 is 21.6. The first-order valence-corrected chi connectivity index (χ1v) is 12.0. The summed E-state index contributed by atoms with van der Waals surface area (Å²) in [6.45, 7) is 3.56.